The van der Waals surface area contributed by atoms with Crippen molar-refractivity contribution < 1.29 is 14.3 Å². The van der Waals surface area contributed by atoms with E-state index in [-0.39, 0.29) is 16.6 Å². The summed E-state index contributed by atoms with van der Waals surface area (Å²) in [4.78, 5) is 11.0. The van der Waals surface area contributed by atoms with Crippen LogP contribution in [-0.2, 0) is 14.3 Å². The first-order chi connectivity index (χ1) is 5.64. The third-order valence-electron chi connectivity index (χ3n) is 3.62. The second-order valence-corrected chi connectivity index (χ2v) is 4.67. The molecule has 12 heavy (non-hydrogen) atoms. The summed E-state index contributed by atoms with van der Waals surface area (Å²) < 4.78 is 11.0. The van der Waals surface area contributed by atoms with Gasteiger partial charge in [-0.05, 0) is 19.8 Å². The molecule has 3 aliphatic heterocycles. The summed E-state index contributed by atoms with van der Waals surface area (Å²) in [5.41, 5.74) is -0.450. The van der Waals surface area contributed by atoms with Gasteiger partial charge in [0.1, 0.15) is 11.9 Å². The fourth-order valence-corrected chi connectivity index (χ4v) is 3.07. The lowest BCUT2D eigenvalue weighted by molar-refractivity contribution is -0.211. The third kappa shape index (κ3) is 0.501. The Morgan fingerprint density at radius 2 is 2.00 bits per heavy atom. The van der Waals surface area contributed by atoms with Crippen LogP contribution in [-0.4, -0.2) is 30.7 Å². The van der Waals surface area contributed by atoms with Gasteiger partial charge in [0.15, 0.2) is 0 Å². The summed E-state index contributed by atoms with van der Waals surface area (Å²) in [5, 5.41) is 0. The van der Waals surface area contributed by atoms with Crippen LogP contribution in [0.2, 0.25) is 0 Å². The zero-order valence-corrected chi connectivity index (χ0v) is 7.13. The first-order valence-corrected chi connectivity index (χ1v) is 4.38. The average molecular weight is 168 g/mol. The second-order valence-electron chi connectivity index (χ2n) is 4.67. The van der Waals surface area contributed by atoms with Gasteiger partial charge in [0.25, 0.3) is 0 Å². The van der Waals surface area contributed by atoms with Gasteiger partial charge in [0, 0.05) is 0 Å². The van der Waals surface area contributed by atoms with Crippen LogP contribution in [0.15, 0.2) is 0 Å². The summed E-state index contributed by atoms with van der Waals surface area (Å²) >= 11 is 0. The number of aldehydes is 1. The van der Waals surface area contributed by atoms with Crippen molar-refractivity contribution in [1.29, 1.82) is 0 Å². The van der Waals surface area contributed by atoms with Gasteiger partial charge in [-0.25, -0.2) is 0 Å². The maximum absolute atomic E-state index is 11.0. The zero-order valence-electron chi connectivity index (χ0n) is 7.13. The van der Waals surface area contributed by atoms with E-state index in [2.05, 4.69) is 6.92 Å². The molecule has 2 bridgehead atoms. The van der Waals surface area contributed by atoms with Gasteiger partial charge in [-0.2, -0.15) is 0 Å². The quantitative estimate of drug-likeness (QED) is 0.535. The van der Waals surface area contributed by atoms with Crippen LogP contribution in [0.5, 0.6) is 0 Å². The predicted octanol–water partition coefficient (Wildman–Crippen LogP) is 0.523. The van der Waals surface area contributed by atoms with Crippen LogP contribution in [0, 0.1) is 5.41 Å². The van der Waals surface area contributed by atoms with Crippen LogP contribution in [0.25, 0.3) is 0 Å². The molecule has 0 aromatic carbocycles. The van der Waals surface area contributed by atoms with Crippen molar-refractivity contribution in [3.05, 3.63) is 0 Å². The monoisotopic (exact) mass is 168 g/mol. The molecule has 0 N–H and O–H groups in total. The highest BCUT2D eigenvalue weighted by molar-refractivity contribution is 5.67. The molecule has 3 nitrogen and oxygen atoms in total. The molecule has 4 rings (SSSR count). The molecule has 0 amide bonds. The topological polar surface area (TPSA) is 35.5 Å². The molecule has 1 aliphatic carbocycles. The lowest BCUT2D eigenvalue weighted by atomic mass is 9.57. The van der Waals surface area contributed by atoms with E-state index >= 15 is 0 Å². The molecule has 0 aromatic rings. The first-order valence-electron chi connectivity index (χ1n) is 4.38. The molecular weight excluding hydrogens is 156 g/mol. The summed E-state index contributed by atoms with van der Waals surface area (Å²) in [7, 11) is 0. The summed E-state index contributed by atoms with van der Waals surface area (Å²) in [6, 6.07) is 0. The Bertz CT molecular complexity index is 248. The Kier molecular flexibility index (Phi) is 0.945. The van der Waals surface area contributed by atoms with Crippen LogP contribution >= 0.6 is 0 Å². The second kappa shape index (κ2) is 1.61. The van der Waals surface area contributed by atoms with E-state index in [4.69, 9.17) is 9.47 Å². The highest BCUT2D eigenvalue weighted by atomic mass is 16.6. The SMILES string of the molecule is CC12CC(C=O)(C1)C1(COC1)O2. The van der Waals surface area contributed by atoms with Gasteiger partial charge in [0.05, 0.1) is 24.2 Å². The van der Waals surface area contributed by atoms with Crippen LogP contribution in [0.4, 0.5) is 0 Å². The van der Waals surface area contributed by atoms with Crippen molar-refractivity contribution >= 4 is 6.29 Å². The van der Waals surface area contributed by atoms with E-state index in [0.717, 1.165) is 19.1 Å². The fraction of sp³-hybridized carbons (Fsp3) is 0.889. The van der Waals surface area contributed by atoms with Crippen molar-refractivity contribution in [3.8, 4) is 0 Å². The first kappa shape index (κ1) is 7.04. The molecule has 0 unspecified atom stereocenters. The molecule has 66 valence electrons. The Balaban J connectivity index is 2.01. The normalized spacial score (nSPS) is 53.1. The van der Waals surface area contributed by atoms with Crippen LogP contribution in [0.1, 0.15) is 19.8 Å². The molecule has 1 spiro atoms. The molecule has 4 aliphatic rings. The molecule has 3 saturated heterocycles. The van der Waals surface area contributed by atoms with E-state index < -0.39 is 0 Å². The van der Waals surface area contributed by atoms with Crippen LogP contribution in [0.3, 0.4) is 0 Å². The highest BCUT2D eigenvalue weighted by Gasteiger charge is 2.75. The maximum atomic E-state index is 11.0. The molecule has 3 heteroatoms. The maximum Gasteiger partial charge on any atom is 0.129 e. The molecule has 3 heterocycles. The Labute approximate surface area is 71.0 Å². The average Bonchev–Trinajstić information content (AvgIpc) is 2.31. The van der Waals surface area contributed by atoms with Crippen molar-refractivity contribution in [2.45, 2.75) is 31.0 Å². The summed E-state index contributed by atoms with van der Waals surface area (Å²) in [5.74, 6) is 0. The van der Waals surface area contributed by atoms with Crippen LogP contribution < -0.4 is 0 Å². The highest BCUT2D eigenvalue weighted by Crippen LogP contribution is 2.67. The van der Waals surface area contributed by atoms with E-state index in [1.165, 1.54) is 0 Å². The molecule has 1 saturated carbocycles. The number of carbonyl (C=O) groups is 1. The lowest BCUT2D eigenvalue weighted by Crippen LogP contribution is -2.60. The fourth-order valence-electron chi connectivity index (χ4n) is 3.07. The van der Waals surface area contributed by atoms with E-state index in [0.29, 0.717) is 13.2 Å². The standard InChI is InChI=1S/C9H12O3/c1-7-2-8(3-7,4-10)9(12-7)5-11-6-9/h4H,2-3,5-6H2,1H3. The van der Waals surface area contributed by atoms with Gasteiger partial charge < -0.3 is 14.3 Å². The minimum Gasteiger partial charge on any atom is -0.375 e. The van der Waals surface area contributed by atoms with E-state index in [1.54, 1.807) is 0 Å². The van der Waals surface area contributed by atoms with Gasteiger partial charge in [0.2, 0.25) is 0 Å². The molecule has 4 fully saturated rings. The predicted molar refractivity (Wildman–Crippen MR) is 40.8 cm³/mol. The lowest BCUT2D eigenvalue weighted by Gasteiger charge is -2.46. The van der Waals surface area contributed by atoms with E-state index in [1.807, 2.05) is 0 Å². The van der Waals surface area contributed by atoms with E-state index in [9.17, 15) is 4.79 Å². The smallest absolute Gasteiger partial charge is 0.129 e. The van der Waals surface area contributed by atoms with Gasteiger partial charge >= 0.3 is 0 Å². The Morgan fingerprint density at radius 1 is 1.33 bits per heavy atom. The number of carbonyl (C=O) groups excluding carboxylic acids is 1. The van der Waals surface area contributed by atoms with Gasteiger partial charge in [-0.15, -0.1) is 0 Å². The van der Waals surface area contributed by atoms with Crippen molar-refractivity contribution in [2.75, 3.05) is 13.2 Å². The number of hydrogen-bond acceptors (Lipinski definition) is 3. The minimum absolute atomic E-state index is 0.0231. The summed E-state index contributed by atoms with van der Waals surface area (Å²) in [6.07, 6.45) is 2.88. The molecule has 0 radical (unpaired) electrons. The molecular formula is C9H12O3. The van der Waals surface area contributed by atoms with Crippen molar-refractivity contribution in [3.63, 3.8) is 0 Å². The zero-order chi connectivity index (χ0) is 8.45. The Morgan fingerprint density at radius 3 is 2.33 bits per heavy atom. The number of hydrogen-bond donors (Lipinski definition) is 0. The Hall–Kier alpha value is -0.410. The van der Waals surface area contributed by atoms with Crippen molar-refractivity contribution in [1.82, 2.24) is 0 Å². The number of ether oxygens (including phenoxy) is 2. The third-order valence-corrected chi connectivity index (χ3v) is 3.62. The van der Waals surface area contributed by atoms with Gasteiger partial charge in [-0.1, -0.05) is 0 Å². The van der Waals surface area contributed by atoms with Gasteiger partial charge in [-0.3, -0.25) is 0 Å². The summed E-state index contributed by atoms with van der Waals surface area (Å²) in [6.45, 7) is 3.31. The largest absolute Gasteiger partial charge is 0.375 e. The minimum atomic E-state index is -0.233. The number of rotatable bonds is 1. The van der Waals surface area contributed by atoms with Crippen molar-refractivity contribution in [2.24, 2.45) is 5.41 Å². The molecule has 0 aromatic heterocycles. The molecule has 0 atom stereocenters.